The highest BCUT2D eigenvalue weighted by atomic mass is 32.2. The average molecular weight is 752 g/mol. The molecular weight excluding hydrogens is 703 g/mol. The van der Waals surface area contributed by atoms with Crippen LogP contribution in [0.5, 0.6) is 0 Å². The number of sulfonamides is 1. The molecule has 4 fully saturated rings. The summed E-state index contributed by atoms with van der Waals surface area (Å²) in [6.45, 7) is 11.5. The van der Waals surface area contributed by atoms with Gasteiger partial charge in [-0.1, -0.05) is 57.2 Å². The summed E-state index contributed by atoms with van der Waals surface area (Å²) in [7, 11) is -3.91. The first-order valence-corrected chi connectivity index (χ1v) is 20.0. The average Bonchev–Trinajstić information content (AvgIpc) is 4.04. The van der Waals surface area contributed by atoms with Crippen molar-refractivity contribution in [3.63, 3.8) is 0 Å². The van der Waals surface area contributed by atoms with Gasteiger partial charge in [-0.2, -0.15) is 0 Å². The highest BCUT2D eigenvalue weighted by molar-refractivity contribution is 7.91. The molecule has 0 aromatic heterocycles. The van der Waals surface area contributed by atoms with Gasteiger partial charge in [-0.05, 0) is 67.6 Å². The van der Waals surface area contributed by atoms with Crippen LogP contribution in [0.4, 0.5) is 9.59 Å². The van der Waals surface area contributed by atoms with Crippen molar-refractivity contribution in [3.8, 4) is 0 Å². The predicted molar refractivity (Wildman–Crippen MR) is 193 cm³/mol. The van der Waals surface area contributed by atoms with Crippen LogP contribution in [0, 0.1) is 17.3 Å². The van der Waals surface area contributed by atoms with Crippen LogP contribution in [0.15, 0.2) is 36.9 Å². The van der Waals surface area contributed by atoms with E-state index in [1.54, 1.807) is 25.7 Å². The van der Waals surface area contributed by atoms with E-state index in [4.69, 9.17) is 9.47 Å². The Bertz CT molecular complexity index is 1890. The van der Waals surface area contributed by atoms with Crippen LogP contribution in [-0.2, 0) is 47.0 Å². The number of carbonyl (C=O) groups is 5. The second kappa shape index (κ2) is 13.2. The predicted octanol–water partition coefficient (Wildman–Crippen LogP) is 3.50. The Morgan fingerprint density at radius 1 is 1.09 bits per heavy atom. The molecule has 286 valence electrons. The minimum absolute atomic E-state index is 0.0873. The largest absolute Gasteiger partial charge is 0.444 e. The van der Waals surface area contributed by atoms with E-state index in [9.17, 15) is 32.4 Å². The number of hydrogen-bond donors (Lipinski definition) is 3. The van der Waals surface area contributed by atoms with Gasteiger partial charge in [0, 0.05) is 24.8 Å². The van der Waals surface area contributed by atoms with Crippen LogP contribution in [0.3, 0.4) is 0 Å². The maximum absolute atomic E-state index is 14.5. The second-order valence-corrected chi connectivity index (χ2v) is 18.8. The van der Waals surface area contributed by atoms with E-state index < -0.39 is 85.8 Å². The molecule has 7 atom stereocenters. The lowest BCUT2D eigenvalue weighted by Gasteiger charge is -2.35. The van der Waals surface area contributed by atoms with Gasteiger partial charge in [0.25, 0.3) is 5.91 Å². The first-order chi connectivity index (χ1) is 24.9. The molecule has 3 saturated carbocycles. The molecule has 0 radical (unpaired) electrons. The summed E-state index contributed by atoms with van der Waals surface area (Å²) in [6.07, 6.45) is 6.60. The number of hydrogen-bond acceptors (Lipinski definition) is 9. The summed E-state index contributed by atoms with van der Waals surface area (Å²) in [5.74, 6) is -2.56. The van der Waals surface area contributed by atoms with E-state index in [-0.39, 0.29) is 25.3 Å². The maximum atomic E-state index is 14.5. The van der Waals surface area contributed by atoms with Gasteiger partial charge in [-0.15, -0.1) is 6.58 Å². The van der Waals surface area contributed by atoms with Gasteiger partial charge in [0.1, 0.15) is 29.3 Å². The van der Waals surface area contributed by atoms with Crippen LogP contribution in [-0.4, -0.2) is 89.2 Å². The molecule has 3 aliphatic carbocycles. The van der Waals surface area contributed by atoms with Gasteiger partial charge in [0.15, 0.2) is 0 Å². The molecule has 7 rings (SSSR count). The lowest BCUT2D eigenvalue weighted by Crippen LogP contribution is -2.60. The first kappa shape index (κ1) is 36.9. The Morgan fingerprint density at radius 3 is 2.53 bits per heavy atom. The zero-order valence-corrected chi connectivity index (χ0v) is 31.5. The maximum Gasteiger partial charge on any atom is 0.410 e. The van der Waals surface area contributed by atoms with Crippen molar-refractivity contribution >= 4 is 46.0 Å². The van der Waals surface area contributed by atoms with Gasteiger partial charge in [-0.25, -0.2) is 18.0 Å². The molecule has 5 amide bonds. The molecule has 6 aliphatic rings. The highest BCUT2D eigenvalue weighted by Gasteiger charge is 2.62. The molecule has 53 heavy (non-hydrogen) atoms. The van der Waals surface area contributed by atoms with E-state index in [0.717, 1.165) is 29.5 Å². The molecule has 0 spiro atoms. The number of benzene rings is 1. The number of ether oxygens (including phenoxy) is 2. The quantitative estimate of drug-likeness (QED) is 0.367. The number of fused-ring (bicyclic) bond motifs is 4. The van der Waals surface area contributed by atoms with Crippen LogP contribution < -0.4 is 15.4 Å². The van der Waals surface area contributed by atoms with Gasteiger partial charge in [0.2, 0.25) is 21.8 Å². The molecule has 14 nitrogen and oxygen atoms in total. The summed E-state index contributed by atoms with van der Waals surface area (Å²) in [5, 5.41) is 4.87. The van der Waals surface area contributed by atoms with Crippen molar-refractivity contribution in [3.05, 3.63) is 53.6 Å². The van der Waals surface area contributed by atoms with Gasteiger partial charge >= 0.3 is 12.2 Å². The fraction of sp³-hybridized carbons (Fsp3) is 0.605. The second-order valence-electron chi connectivity index (χ2n) is 16.8. The molecule has 1 aromatic rings. The third-order valence-corrected chi connectivity index (χ3v) is 13.5. The van der Waals surface area contributed by atoms with Crippen LogP contribution in [0.1, 0.15) is 89.3 Å². The number of carbonyl (C=O) groups excluding carboxylic acids is 5. The van der Waals surface area contributed by atoms with E-state index in [2.05, 4.69) is 34.1 Å². The zero-order valence-electron chi connectivity index (χ0n) is 30.7. The third kappa shape index (κ3) is 7.28. The highest BCUT2D eigenvalue weighted by Crippen LogP contribution is 2.50. The van der Waals surface area contributed by atoms with E-state index in [0.29, 0.717) is 32.4 Å². The normalized spacial score (nSPS) is 33.4. The van der Waals surface area contributed by atoms with Crippen LogP contribution in [0.25, 0.3) is 6.08 Å². The summed E-state index contributed by atoms with van der Waals surface area (Å²) in [4.78, 5) is 72.1. The number of alkyl carbamates (subject to hydrolysis) is 1. The molecule has 3 aliphatic heterocycles. The molecule has 0 unspecified atom stereocenters. The van der Waals surface area contributed by atoms with Crippen molar-refractivity contribution in [1.29, 1.82) is 0 Å². The molecule has 3 N–H and O–H groups in total. The Balaban J connectivity index is 1.17. The Hall–Kier alpha value is -4.40. The Morgan fingerprint density at radius 2 is 1.85 bits per heavy atom. The molecule has 3 heterocycles. The summed E-state index contributed by atoms with van der Waals surface area (Å²) < 4.78 is 39.4. The topological polar surface area (TPSA) is 181 Å². The molecule has 1 saturated heterocycles. The van der Waals surface area contributed by atoms with Crippen molar-refractivity contribution in [2.45, 2.75) is 120 Å². The summed E-state index contributed by atoms with van der Waals surface area (Å²) >= 11 is 0. The van der Waals surface area contributed by atoms with Crippen molar-refractivity contribution in [2.75, 3.05) is 6.54 Å². The SMILES string of the molecule is C=C[C@@H]1C[C@]1(NC(=O)[C@@H]1C[C@@H]2CN1C(=O)[C@H](C(C)(C)C)NC(=O)O[C@]1(C)C[C@H]1CC/C=C/c1cccc3c1CN(C3)C(=O)O2)C(=O)NS(=O)(=O)C1CC1. The molecular formula is C38H49N5O9S. The standard InChI is InChI=1S/C38H49N5O9S/c1-6-24-18-38(24,33(46)41-53(49,50)27-14-15-27)40-31(44)29-16-26-20-43(29)32(45)30(36(2,3)4)39-34(47)52-37(5)17-25(37)13-8-7-10-22-11-9-12-23-19-42(21-28(22)23)35(48)51-26/h6-7,9-12,24-27,29-30H,1,8,13-21H2,2-5H3,(H,39,47)(H,40,44)(H,41,46)/b10-7+/t24-,25-,26-,29+,30-,37-,38-/m1/s1. The summed E-state index contributed by atoms with van der Waals surface area (Å²) in [6, 6.07) is 3.58. The van der Waals surface area contributed by atoms with Gasteiger partial charge < -0.3 is 25.0 Å². The van der Waals surface area contributed by atoms with E-state index in [1.807, 2.05) is 25.1 Å². The number of nitrogens with zero attached hydrogens (tertiary/aromatic N) is 2. The number of amides is 5. The van der Waals surface area contributed by atoms with Crippen molar-refractivity contribution in [1.82, 2.24) is 25.2 Å². The summed E-state index contributed by atoms with van der Waals surface area (Å²) in [5.41, 5.74) is -0.0624. The number of nitrogens with one attached hydrogen (secondary N) is 3. The minimum atomic E-state index is -3.91. The lowest BCUT2D eigenvalue weighted by molar-refractivity contribution is -0.143. The monoisotopic (exact) mass is 751 g/mol. The Kier molecular flexibility index (Phi) is 9.18. The fourth-order valence-electron chi connectivity index (χ4n) is 7.99. The van der Waals surface area contributed by atoms with Crippen LogP contribution in [0.2, 0.25) is 0 Å². The van der Waals surface area contributed by atoms with E-state index >= 15 is 0 Å². The minimum Gasteiger partial charge on any atom is -0.444 e. The molecule has 1 aromatic carbocycles. The third-order valence-electron chi connectivity index (χ3n) is 11.7. The van der Waals surface area contributed by atoms with Gasteiger partial charge in [0.05, 0.1) is 18.3 Å². The van der Waals surface area contributed by atoms with Crippen LogP contribution >= 0.6 is 0 Å². The zero-order chi connectivity index (χ0) is 38.1. The van der Waals surface area contributed by atoms with E-state index in [1.165, 1.54) is 11.0 Å². The fourth-order valence-corrected chi connectivity index (χ4v) is 9.35. The first-order valence-electron chi connectivity index (χ1n) is 18.5. The smallest absolute Gasteiger partial charge is 0.410 e. The Labute approximate surface area is 310 Å². The number of rotatable bonds is 6. The lowest BCUT2D eigenvalue weighted by atomic mass is 9.85. The number of allylic oxidation sites excluding steroid dienone is 1. The molecule has 15 heteroatoms. The van der Waals surface area contributed by atoms with Crippen molar-refractivity contribution in [2.24, 2.45) is 17.3 Å². The van der Waals surface area contributed by atoms with Crippen molar-refractivity contribution < 1.29 is 41.9 Å². The van der Waals surface area contributed by atoms with Gasteiger partial charge in [-0.3, -0.25) is 24.0 Å². The molecule has 4 bridgehead atoms.